The average Bonchev–Trinajstić information content (AvgIpc) is 2.41. The molecule has 11 heavy (non-hydrogen) atoms. The van der Waals surface area contributed by atoms with Gasteiger partial charge in [0.05, 0.1) is 5.97 Å². The van der Waals surface area contributed by atoms with Gasteiger partial charge in [0.1, 0.15) is 11.8 Å². The topological polar surface area (TPSA) is 61.7 Å². The number of aliphatic carboxylic acids is 1. The maximum absolute atomic E-state index is 10.4. The van der Waals surface area contributed by atoms with Crippen LogP contribution in [-0.4, -0.2) is 17.8 Å². The number of carboxylic acids is 1. The van der Waals surface area contributed by atoms with Crippen LogP contribution in [0.2, 0.25) is 0 Å². The maximum atomic E-state index is 10.4. The van der Waals surface area contributed by atoms with Crippen LogP contribution in [0.5, 0.6) is 0 Å². The minimum absolute atomic E-state index is 0.000000000000000444. The van der Waals surface area contributed by atoms with Gasteiger partial charge in [-0.2, -0.15) is 0 Å². The van der Waals surface area contributed by atoms with Crippen LogP contribution in [0.15, 0.2) is 5.16 Å². The van der Waals surface area contributed by atoms with Gasteiger partial charge in [0.25, 0.3) is 0 Å². The van der Waals surface area contributed by atoms with E-state index in [0.717, 1.165) is 19.3 Å². The van der Waals surface area contributed by atoms with Crippen molar-refractivity contribution < 1.29 is 14.7 Å². The van der Waals surface area contributed by atoms with Crippen LogP contribution in [0.25, 0.3) is 0 Å². The minimum atomic E-state index is -1.18. The lowest BCUT2D eigenvalue weighted by molar-refractivity contribution is -0.294. The molecule has 0 aromatic rings. The second kappa shape index (κ2) is 2.22. The molecule has 1 heterocycles. The highest BCUT2D eigenvalue weighted by molar-refractivity contribution is 6.35. The zero-order valence-electron chi connectivity index (χ0n) is 5.95. The number of carbonyl (C=O) groups excluding carboxylic acids is 1. The van der Waals surface area contributed by atoms with Gasteiger partial charge in [-0.1, -0.05) is 5.16 Å². The van der Waals surface area contributed by atoms with Crippen molar-refractivity contribution in [1.29, 1.82) is 0 Å². The van der Waals surface area contributed by atoms with Gasteiger partial charge in [0.15, 0.2) is 0 Å². The van der Waals surface area contributed by atoms with E-state index in [1.54, 1.807) is 0 Å². The van der Waals surface area contributed by atoms with E-state index in [1.807, 2.05) is 0 Å². The summed E-state index contributed by atoms with van der Waals surface area (Å²) in [6.07, 6.45) is 2.84. The molecule has 0 aromatic carbocycles. The third kappa shape index (κ3) is 0.895. The van der Waals surface area contributed by atoms with Crippen LogP contribution < -0.4 is 5.11 Å². The van der Waals surface area contributed by atoms with Gasteiger partial charge in [-0.25, -0.2) is 0 Å². The molecular weight excluding hydrogens is 146 g/mol. The standard InChI is InChI=1S/C7H9NO3/c9-7(10)6-4-2-1-3-5(4)11-8-6/h4-5H,1-3H2,(H,9,10)/p-1/t4-,5+/m0/s1. The molecule has 2 aliphatic rings. The molecule has 1 aliphatic heterocycles. The number of oxime groups is 1. The lowest BCUT2D eigenvalue weighted by atomic mass is 10.0. The van der Waals surface area contributed by atoms with E-state index in [1.165, 1.54) is 0 Å². The fraction of sp³-hybridized carbons (Fsp3) is 0.714. The normalized spacial score (nSPS) is 34.4. The Morgan fingerprint density at radius 2 is 2.45 bits per heavy atom. The van der Waals surface area contributed by atoms with Crippen LogP contribution in [-0.2, 0) is 9.63 Å². The number of carboxylic acid groups (broad SMARTS) is 1. The van der Waals surface area contributed by atoms with Crippen LogP contribution in [0, 0.1) is 5.92 Å². The van der Waals surface area contributed by atoms with Gasteiger partial charge in [-0.05, 0) is 19.3 Å². The molecule has 0 bridgehead atoms. The van der Waals surface area contributed by atoms with E-state index in [9.17, 15) is 9.90 Å². The van der Waals surface area contributed by atoms with E-state index in [4.69, 9.17) is 4.84 Å². The molecule has 1 aliphatic carbocycles. The number of hydrogen-bond donors (Lipinski definition) is 0. The van der Waals surface area contributed by atoms with Gasteiger partial charge in [0, 0.05) is 5.92 Å². The molecule has 2 atom stereocenters. The van der Waals surface area contributed by atoms with Gasteiger partial charge in [-0.15, -0.1) is 0 Å². The second-order valence-electron chi connectivity index (χ2n) is 2.95. The summed E-state index contributed by atoms with van der Waals surface area (Å²) in [4.78, 5) is 15.3. The number of rotatable bonds is 1. The fourth-order valence-corrected chi connectivity index (χ4v) is 1.75. The zero-order chi connectivity index (χ0) is 7.84. The zero-order valence-corrected chi connectivity index (χ0v) is 5.95. The SMILES string of the molecule is O=C([O-])C1=NO[C@@H]2CCC[C@H]12. The highest BCUT2D eigenvalue weighted by Crippen LogP contribution is 2.33. The van der Waals surface area contributed by atoms with Crippen molar-refractivity contribution in [3.63, 3.8) is 0 Å². The first-order chi connectivity index (χ1) is 5.29. The van der Waals surface area contributed by atoms with Gasteiger partial charge in [0.2, 0.25) is 0 Å². The van der Waals surface area contributed by atoms with E-state index >= 15 is 0 Å². The molecule has 0 N–H and O–H groups in total. The summed E-state index contributed by atoms with van der Waals surface area (Å²) < 4.78 is 0. The molecule has 0 saturated heterocycles. The lowest BCUT2D eigenvalue weighted by Crippen LogP contribution is -2.36. The van der Waals surface area contributed by atoms with E-state index in [0.29, 0.717) is 0 Å². The summed E-state index contributed by atoms with van der Waals surface area (Å²) in [5, 5.41) is 13.9. The van der Waals surface area contributed by atoms with E-state index in [2.05, 4.69) is 5.16 Å². The molecule has 4 nitrogen and oxygen atoms in total. The summed E-state index contributed by atoms with van der Waals surface area (Å²) in [6, 6.07) is 0. The number of nitrogens with zero attached hydrogens (tertiary/aromatic N) is 1. The predicted molar refractivity (Wildman–Crippen MR) is 34.7 cm³/mol. The summed E-state index contributed by atoms with van der Waals surface area (Å²) in [5.41, 5.74) is 0.104. The first kappa shape index (κ1) is 6.64. The fourth-order valence-electron chi connectivity index (χ4n) is 1.75. The Morgan fingerprint density at radius 3 is 3.18 bits per heavy atom. The average molecular weight is 154 g/mol. The van der Waals surface area contributed by atoms with Gasteiger partial charge < -0.3 is 14.7 Å². The largest absolute Gasteiger partial charge is 0.543 e. The van der Waals surface area contributed by atoms with E-state index in [-0.39, 0.29) is 17.7 Å². The minimum Gasteiger partial charge on any atom is -0.543 e. The van der Waals surface area contributed by atoms with Crippen molar-refractivity contribution in [2.24, 2.45) is 11.1 Å². The Kier molecular flexibility index (Phi) is 1.34. The number of carbonyl (C=O) groups is 1. The third-order valence-corrected chi connectivity index (χ3v) is 2.30. The van der Waals surface area contributed by atoms with Crippen molar-refractivity contribution in [2.45, 2.75) is 25.4 Å². The molecule has 60 valence electrons. The molecule has 0 amide bonds. The Morgan fingerprint density at radius 1 is 1.64 bits per heavy atom. The first-order valence-electron chi connectivity index (χ1n) is 3.74. The smallest absolute Gasteiger partial charge is 0.136 e. The molecule has 0 radical (unpaired) electrons. The third-order valence-electron chi connectivity index (χ3n) is 2.30. The van der Waals surface area contributed by atoms with E-state index < -0.39 is 5.97 Å². The molecule has 0 spiro atoms. The Labute approximate surface area is 63.8 Å². The summed E-state index contributed by atoms with van der Waals surface area (Å²) >= 11 is 0. The first-order valence-corrected chi connectivity index (χ1v) is 3.74. The molecule has 1 saturated carbocycles. The van der Waals surface area contributed by atoms with Crippen molar-refractivity contribution in [1.82, 2.24) is 0 Å². The van der Waals surface area contributed by atoms with Crippen molar-refractivity contribution >= 4 is 11.7 Å². The van der Waals surface area contributed by atoms with Crippen LogP contribution in [0.3, 0.4) is 0 Å². The van der Waals surface area contributed by atoms with Gasteiger partial charge in [-0.3, -0.25) is 0 Å². The highest BCUT2D eigenvalue weighted by Gasteiger charge is 2.38. The summed E-state index contributed by atoms with van der Waals surface area (Å²) in [7, 11) is 0. The number of fused-ring (bicyclic) bond motifs is 1. The monoisotopic (exact) mass is 154 g/mol. The predicted octanol–water partition coefficient (Wildman–Crippen LogP) is -0.709. The molecule has 0 unspecified atom stereocenters. The molecule has 1 fully saturated rings. The Balaban J connectivity index is 2.18. The molecular formula is C7H8NO3-. The summed E-state index contributed by atoms with van der Waals surface area (Å²) in [6.45, 7) is 0. The number of hydrogen-bond acceptors (Lipinski definition) is 4. The van der Waals surface area contributed by atoms with Crippen LogP contribution >= 0.6 is 0 Å². The lowest BCUT2D eigenvalue weighted by Gasteiger charge is -2.08. The highest BCUT2D eigenvalue weighted by atomic mass is 16.6. The Bertz CT molecular complexity index is 224. The van der Waals surface area contributed by atoms with Crippen LogP contribution in [0.1, 0.15) is 19.3 Å². The van der Waals surface area contributed by atoms with Crippen LogP contribution in [0.4, 0.5) is 0 Å². The van der Waals surface area contributed by atoms with Crippen molar-refractivity contribution in [3.8, 4) is 0 Å². The molecule has 4 heteroatoms. The van der Waals surface area contributed by atoms with Crippen molar-refractivity contribution in [3.05, 3.63) is 0 Å². The summed E-state index contributed by atoms with van der Waals surface area (Å²) in [5.74, 6) is -1.18. The van der Waals surface area contributed by atoms with Crippen molar-refractivity contribution in [2.75, 3.05) is 0 Å². The molecule has 0 aromatic heterocycles. The molecule has 2 rings (SSSR count). The quantitative estimate of drug-likeness (QED) is 0.501. The second-order valence-corrected chi connectivity index (χ2v) is 2.95. The van der Waals surface area contributed by atoms with Gasteiger partial charge >= 0.3 is 0 Å². The maximum Gasteiger partial charge on any atom is 0.136 e. The Hall–Kier alpha value is -1.06.